The minimum absolute atomic E-state index is 0.485. The van der Waals surface area contributed by atoms with Crippen LogP contribution in [0.25, 0.3) is 77.6 Å². The molecule has 0 amide bonds. The van der Waals surface area contributed by atoms with Gasteiger partial charge in [-0.05, 0) is 83.9 Å². The molecule has 0 N–H and O–H groups in total. The van der Waals surface area contributed by atoms with Crippen LogP contribution in [0.2, 0.25) is 0 Å². The van der Waals surface area contributed by atoms with E-state index in [1.54, 1.807) is 0 Å². The monoisotopic (exact) mass is 729 g/mol. The van der Waals surface area contributed by atoms with E-state index in [1.165, 1.54) is 75.5 Å². The Morgan fingerprint density at radius 1 is 0.321 bits per heavy atom. The third-order valence-corrected chi connectivity index (χ3v) is 12.9. The third kappa shape index (κ3) is 4.39. The molecule has 0 fully saturated rings. The van der Waals surface area contributed by atoms with Crippen molar-refractivity contribution in [1.29, 1.82) is 0 Å². The van der Waals surface area contributed by atoms with Crippen molar-refractivity contribution in [2.45, 2.75) is 15.2 Å². The number of nitrogens with zero attached hydrogens (tertiary/aromatic N) is 3. The fourth-order valence-electron chi connectivity index (χ4n) is 9.48. The molecular formula is C52H31N3S. The summed E-state index contributed by atoms with van der Waals surface area (Å²) in [6.45, 7) is 0. The summed E-state index contributed by atoms with van der Waals surface area (Å²) in [5, 5.41) is 7.36. The van der Waals surface area contributed by atoms with Gasteiger partial charge in [0.2, 0.25) is 0 Å². The molecule has 4 heteroatoms. The lowest BCUT2D eigenvalue weighted by Crippen LogP contribution is -2.31. The van der Waals surface area contributed by atoms with Crippen molar-refractivity contribution < 1.29 is 0 Å². The molecule has 0 bridgehead atoms. The Balaban J connectivity index is 1.14. The van der Waals surface area contributed by atoms with Gasteiger partial charge in [-0.1, -0.05) is 182 Å². The lowest BCUT2D eigenvalue weighted by atomic mass is 9.67. The van der Waals surface area contributed by atoms with Crippen molar-refractivity contribution in [3.8, 4) is 45.3 Å². The number of hydrogen-bond acceptors (Lipinski definition) is 4. The van der Waals surface area contributed by atoms with Crippen LogP contribution in [0.15, 0.2) is 198 Å². The quantitative estimate of drug-likeness (QED) is 0.170. The molecule has 0 saturated heterocycles. The highest BCUT2D eigenvalue weighted by Gasteiger charge is 2.50. The van der Waals surface area contributed by atoms with Crippen LogP contribution in [0.5, 0.6) is 0 Å². The van der Waals surface area contributed by atoms with Gasteiger partial charge in [-0.15, -0.1) is 0 Å². The SMILES string of the molecule is c1ccc(-c2nc(-c3ccc4c5ccccc5c5ccccc5c4c3)nc(-c3cccc4c3-c3ccccc3C43c4ccccc4Sc4ccccc43)n2)cc1. The fraction of sp³-hybridized carbons (Fsp3) is 0.0192. The van der Waals surface area contributed by atoms with Crippen molar-refractivity contribution in [2.24, 2.45) is 0 Å². The maximum absolute atomic E-state index is 5.39. The normalized spacial score (nSPS) is 13.4. The minimum atomic E-state index is -0.485. The van der Waals surface area contributed by atoms with Gasteiger partial charge in [0, 0.05) is 26.5 Å². The van der Waals surface area contributed by atoms with Gasteiger partial charge in [0.25, 0.3) is 0 Å². The Bertz CT molecular complexity index is 3160. The lowest BCUT2D eigenvalue weighted by Gasteiger charge is -2.39. The second kappa shape index (κ2) is 12.1. The molecule has 1 spiro atoms. The lowest BCUT2D eigenvalue weighted by molar-refractivity contribution is 0.722. The topological polar surface area (TPSA) is 38.7 Å². The van der Waals surface area contributed by atoms with Crippen LogP contribution in [-0.4, -0.2) is 15.0 Å². The largest absolute Gasteiger partial charge is 0.208 e. The predicted octanol–water partition coefficient (Wildman–Crippen LogP) is 13.2. The van der Waals surface area contributed by atoms with Crippen LogP contribution in [0, 0.1) is 0 Å². The summed E-state index contributed by atoms with van der Waals surface area (Å²) in [5.41, 5.74) is 9.96. The first-order valence-corrected chi connectivity index (χ1v) is 19.8. The van der Waals surface area contributed by atoms with E-state index in [-0.39, 0.29) is 0 Å². The van der Waals surface area contributed by atoms with E-state index >= 15 is 0 Å². The molecule has 1 aliphatic heterocycles. The van der Waals surface area contributed by atoms with E-state index in [0.717, 1.165) is 16.7 Å². The number of benzene rings is 9. The van der Waals surface area contributed by atoms with Crippen LogP contribution in [-0.2, 0) is 5.41 Å². The second-order valence-corrected chi connectivity index (χ2v) is 15.7. The highest BCUT2D eigenvalue weighted by Crippen LogP contribution is 2.63. The number of aromatic nitrogens is 3. The minimum Gasteiger partial charge on any atom is -0.208 e. The number of hydrogen-bond donors (Lipinski definition) is 0. The van der Waals surface area contributed by atoms with Gasteiger partial charge in [-0.3, -0.25) is 0 Å². The molecule has 10 aromatic rings. The van der Waals surface area contributed by atoms with Gasteiger partial charge in [-0.25, -0.2) is 15.0 Å². The summed E-state index contributed by atoms with van der Waals surface area (Å²) in [4.78, 5) is 18.5. The maximum atomic E-state index is 5.39. The molecular weight excluding hydrogens is 699 g/mol. The molecule has 260 valence electrons. The molecule has 2 aliphatic rings. The van der Waals surface area contributed by atoms with E-state index in [4.69, 9.17) is 15.0 Å². The Morgan fingerprint density at radius 2 is 0.804 bits per heavy atom. The molecule has 0 saturated carbocycles. The molecule has 0 atom stereocenters. The standard InChI is InChI=1S/C52H31N3S/c1-2-15-32(16-3-1)49-53-50(33-29-30-38-36-19-5-4-17-34(36)35-18-6-7-20-37(35)41(38)31-33)55-51(54-49)40-22-14-26-45-48(40)39-21-8-9-23-42(39)52(45)43-24-10-12-27-46(43)56-47-28-13-11-25-44(47)52/h1-31H. The maximum Gasteiger partial charge on any atom is 0.164 e. The highest BCUT2D eigenvalue weighted by atomic mass is 32.2. The Hall–Kier alpha value is -6.88. The summed E-state index contributed by atoms with van der Waals surface area (Å²) in [5.74, 6) is 1.96. The molecule has 9 aromatic carbocycles. The molecule has 3 nitrogen and oxygen atoms in total. The molecule has 0 unspecified atom stereocenters. The first-order chi connectivity index (χ1) is 27.8. The predicted molar refractivity (Wildman–Crippen MR) is 230 cm³/mol. The van der Waals surface area contributed by atoms with Gasteiger partial charge in [0.15, 0.2) is 17.5 Å². The summed E-state index contributed by atoms with van der Waals surface area (Å²) in [6.07, 6.45) is 0. The van der Waals surface area contributed by atoms with Crippen molar-refractivity contribution in [2.75, 3.05) is 0 Å². The Kier molecular flexibility index (Phi) is 6.78. The number of fused-ring (bicyclic) bond motifs is 15. The fourth-order valence-corrected chi connectivity index (χ4v) is 10.7. The summed E-state index contributed by atoms with van der Waals surface area (Å²) in [7, 11) is 0. The molecule has 1 aliphatic carbocycles. The third-order valence-electron chi connectivity index (χ3n) is 11.8. The zero-order chi connectivity index (χ0) is 36.8. The van der Waals surface area contributed by atoms with Crippen molar-refractivity contribution in [3.63, 3.8) is 0 Å². The van der Waals surface area contributed by atoms with Crippen molar-refractivity contribution in [1.82, 2.24) is 15.0 Å². The molecule has 12 rings (SSSR count). The highest BCUT2D eigenvalue weighted by molar-refractivity contribution is 7.99. The number of rotatable bonds is 3. The summed E-state index contributed by atoms with van der Waals surface area (Å²) >= 11 is 1.86. The van der Waals surface area contributed by atoms with Crippen LogP contribution in [0.4, 0.5) is 0 Å². The van der Waals surface area contributed by atoms with Gasteiger partial charge >= 0.3 is 0 Å². The smallest absolute Gasteiger partial charge is 0.164 e. The van der Waals surface area contributed by atoms with Gasteiger partial charge in [-0.2, -0.15) is 0 Å². The second-order valence-electron chi connectivity index (χ2n) is 14.6. The molecule has 2 heterocycles. The summed E-state index contributed by atoms with van der Waals surface area (Å²) in [6, 6.07) is 67.8. The van der Waals surface area contributed by atoms with E-state index in [2.05, 4.69) is 170 Å². The van der Waals surface area contributed by atoms with Crippen molar-refractivity contribution >= 4 is 44.1 Å². The molecule has 0 radical (unpaired) electrons. The van der Waals surface area contributed by atoms with E-state index in [9.17, 15) is 0 Å². The van der Waals surface area contributed by atoms with Crippen molar-refractivity contribution in [3.05, 3.63) is 210 Å². The van der Waals surface area contributed by atoms with Gasteiger partial charge in [0.05, 0.1) is 5.41 Å². The van der Waals surface area contributed by atoms with Gasteiger partial charge < -0.3 is 0 Å². The van der Waals surface area contributed by atoms with Crippen LogP contribution >= 0.6 is 11.8 Å². The first kappa shape index (κ1) is 31.5. The molecule has 56 heavy (non-hydrogen) atoms. The van der Waals surface area contributed by atoms with E-state index < -0.39 is 5.41 Å². The van der Waals surface area contributed by atoms with Crippen LogP contribution in [0.3, 0.4) is 0 Å². The first-order valence-electron chi connectivity index (χ1n) is 19.0. The van der Waals surface area contributed by atoms with Crippen LogP contribution < -0.4 is 0 Å². The summed E-state index contributed by atoms with van der Waals surface area (Å²) < 4.78 is 0. The van der Waals surface area contributed by atoms with Crippen LogP contribution in [0.1, 0.15) is 22.3 Å². The van der Waals surface area contributed by atoms with E-state index in [0.29, 0.717) is 17.5 Å². The zero-order valence-electron chi connectivity index (χ0n) is 30.1. The molecule has 1 aromatic heterocycles. The average molecular weight is 730 g/mol. The zero-order valence-corrected chi connectivity index (χ0v) is 31.0. The average Bonchev–Trinajstić information content (AvgIpc) is 3.57. The van der Waals surface area contributed by atoms with E-state index in [1.807, 2.05) is 30.0 Å². The Morgan fingerprint density at radius 3 is 1.48 bits per heavy atom. The van der Waals surface area contributed by atoms with Gasteiger partial charge in [0.1, 0.15) is 0 Å². The Labute approximate surface area is 328 Å².